The molecule has 0 bridgehead atoms. The number of hydrogen-bond acceptors (Lipinski definition) is 6. The quantitative estimate of drug-likeness (QED) is 0.295. The second kappa shape index (κ2) is 10.8. The first-order valence-electron chi connectivity index (χ1n) is 12.5. The number of nitrogens with one attached hydrogen (secondary N) is 2. The summed E-state index contributed by atoms with van der Waals surface area (Å²) in [6.07, 6.45) is 1.66. The van der Waals surface area contributed by atoms with Gasteiger partial charge < -0.3 is 19.9 Å². The zero-order chi connectivity index (χ0) is 27.5. The summed E-state index contributed by atoms with van der Waals surface area (Å²) in [5.41, 5.74) is 5.89. The number of ether oxygens (including phenoxy) is 1. The van der Waals surface area contributed by atoms with Crippen LogP contribution in [0.2, 0.25) is 0 Å². The molecule has 196 valence electrons. The van der Waals surface area contributed by atoms with Crippen molar-refractivity contribution < 1.29 is 9.53 Å². The molecule has 8 heteroatoms. The second-order valence-corrected chi connectivity index (χ2v) is 9.45. The number of carbonyl (C=O) groups is 1. The van der Waals surface area contributed by atoms with Gasteiger partial charge in [-0.1, -0.05) is 35.9 Å². The maximum atomic E-state index is 13.4. The van der Waals surface area contributed by atoms with Gasteiger partial charge in [0.25, 0.3) is 11.5 Å². The van der Waals surface area contributed by atoms with Crippen LogP contribution < -0.4 is 20.9 Å². The molecule has 0 saturated heterocycles. The van der Waals surface area contributed by atoms with Crippen LogP contribution >= 0.6 is 0 Å². The lowest BCUT2D eigenvalue weighted by molar-refractivity contribution is 0.102. The van der Waals surface area contributed by atoms with Gasteiger partial charge in [-0.05, 0) is 67.4 Å². The van der Waals surface area contributed by atoms with Crippen LogP contribution in [-0.2, 0) is 13.6 Å². The van der Waals surface area contributed by atoms with Crippen LogP contribution in [0.25, 0.3) is 22.2 Å². The van der Waals surface area contributed by atoms with Crippen LogP contribution in [0.5, 0.6) is 5.75 Å². The molecule has 2 N–H and O–H groups in total. The van der Waals surface area contributed by atoms with Crippen molar-refractivity contribution in [1.82, 2.24) is 14.5 Å². The van der Waals surface area contributed by atoms with Gasteiger partial charge in [-0.2, -0.15) is 0 Å². The van der Waals surface area contributed by atoms with Gasteiger partial charge in [0.1, 0.15) is 11.3 Å². The number of rotatable bonds is 7. The van der Waals surface area contributed by atoms with Gasteiger partial charge in [0.2, 0.25) is 5.95 Å². The van der Waals surface area contributed by atoms with E-state index in [0.717, 1.165) is 28.0 Å². The topological polar surface area (TPSA) is 98.1 Å². The van der Waals surface area contributed by atoms with Crippen molar-refractivity contribution in [2.24, 2.45) is 7.05 Å². The van der Waals surface area contributed by atoms with Crippen LogP contribution in [-0.4, -0.2) is 27.6 Å². The van der Waals surface area contributed by atoms with Crippen molar-refractivity contribution in [3.63, 3.8) is 0 Å². The number of hydrogen-bond donors (Lipinski definition) is 2. The molecule has 0 spiro atoms. The van der Waals surface area contributed by atoms with Crippen molar-refractivity contribution in [2.45, 2.75) is 20.4 Å². The highest BCUT2D eigenvalue weighted by atomic mass is 16.5. The monoisotopic (exact) mass is 519 g/mol. The lowest BCUT2D eigenvalue weighted by atomic mass is 10.0. The van der Waals surface area contributed by atoms with Crippen LogP contribution in [0.15, 0.2) is 83.8 Å². The zero-order valence-corrected chi connectivity index (χ0v) is 22.3. The lowest BCUT2D eigenvalue weighted by Crippen LogP contribution is -2.20. The Labute approximate surface area is 226 Å². The fraction of sp³-hybridized carbons (Fsp3) is 0.161. The molecule has 2 aromatic heterocycles. The maximum absolute atomic E-state index is 13.4. The number of fused-ring (bicyclic) bond motifs is 1. The molecule has 0 aliphatic heterocycles. The molecular formula is C31H29N5O3. The zero-order valence-electron chi connectivity index (χ0n) is 22.3. The van der Waals surface area contributed by atoms with E-state index in [2.05, 4.69) is 20.6 Å². The third-order valence-corrected chi connectivity index (χ3v) is 6.64. The fourth-order valence-corrected chi connectivity index (χ4v) is 4.41. The van der Waals surface area contributed by atoms with Gasteiger partial charge in [-0.3, -0.25) is 9.59 Å². The average Bonchev–Trinajstić information content (AvgIpc) is 2.95. The van der Waals surface area contributed by atoms with Gasteiger partial charge in [0.05, 0.1) is 12.8 Å². The third-order valence-electron chi connectivity index (χ3n) is 6.64. The van der Waals surface area contributed by atoms with Gasteiger partial charge in [-0.25, -0.2) is 9.97 Å². The SMILES string of the molecule is COc1ccc(CNc2ncc3cc(-c4cc(NC(=O)c5cccc(C)c5)ccc4C)n(C)c(=O)c3n2)cc1. The molecule has 0 unspecified atom stereocenters. The molecule has 0 radical (unpaired) electrons. The molecule has 0 atom stereocenters. The van der Waals surface area contributed by atoms with E-state index in [1.807, 2.05) is 80.6 Å². The molecule has 0 aliphatic rings. The normalized spacial score (nSPS) is 10.9. The second-order valence-electron chi connectivity index (χ2n) is 9.45. The Morgan fingerprint density at radius 1 is 1.00 bits per heavy atom. The first kappa shape index (κ1) is 25.7. The largest absolute Gasteiger partial charge is 0.497 e. The highest BCUT2D eigenvalue weighted by molar-refractivity contribution is 6.04. The summed E-state index contributed by atoms with van der Waals surface area (Å²) in [7, 11) is 3.35. The Hall–Kier alpha value is -4.98. The van der Waals surface area contributed by atoms with Gasteiger partial charge >= 0.3 is 0 Å². The van der Waals surface area contributed by atoms with Crippen LogP contribution in [0.4, 0.5) is 11.6 Å². The van der Waals surface area contributed by atoms with Crippen molar-refractivity contribution in [1.29, 1.82) is 0 Å². The number of nitrogens with zero attached hydrogens (tertiary/aromatic N) is 3. The first-order valence-corrected chi connectivity index (χ1v) is 12.5. The van der Waals surface area contributed by atoms with E-state index in [4.69, 9.17) is 4.74 Å². The molecule has 5 rings (SSSR count). The van der Waals surface area contributed by atoms with Crippen molar-refractivity contribution in [3.05, 3.63) is 112 Å². The summed E-state index contributed by atoms with van der Waals surface area (Å²) in [5.74, 6) is 0.971. The van der Waals surface area contributed by atoms with E-state index in [0.29, 0.717) is 40.3 Å². The summed E-state index contributed by atoms with van der Waals surface area (Å²) < 4.78 is 6.78. The van der Waals surface area contributed by atoms with E-state index >= 15 is 0 Å². The first-order chi connectivity index (χ1) is 18.8. The molecule has 8 nitrogen and oxygen atoms in total. The van der Waals surface area contributed by atoms with E-state index < -0.39 is 0 Å². The smallest absolute Gasteiger partial charge is 0.277 e. The standard InChI is InChI=1S/C31H29N5O3/c1-19-6-5-7-22(14-19)29(37)34-24-11-8-20(2)26(16-24)27-15-23-18-33-31(35-28(23)30(38)36(27)3)32-17-21-9-12-25(39-4)13-10-21/h5-16,18H,17H2,1-4H3,(H,34,37)(H,32,33,35). The number of pyridine rings is 1. The molecule has 0 saturated carbocycles. The fourth-order valence-electron chi connectivity index (χ4n) is 4.41. The minimum atomic E-state index is -0.231. The van der Waals surface area contributed by atoms with E-state index in [1.165, 1.54) is 0 Å². The summed E-state index contributed by atoms with van der Waals surface area (Å²) >= 11 is 0. The van der Waals surface area contributed by atoms with E-state index in [-0.39, 0.29) is 11.5 Å². The summed E-state index contributed by atoms with van der Waals surface area (Å²) in [5, 5.41) is 6.79. The predicted octanol–water partition coefficient (Wildman–Crippen LogP) is 5.49. The molecule has 3 aromatic carbocycles. The Bertz CT molecular complexity index is 1740. The highest BCUT2D eigenvalue weighted by Crippen LogP contribution is 2.28. The Kier molecular flexibility index (Phi) is 7.10. The van der Waals surface area contributed by atoms with E-state index in [9.17, 15) is 9.59 Å². The third kappa shape index (κ3) is 5.50. The lowest BCUT2D eigenvalue weighted by Gasteiger charge is -2.15. The number of methoxy groups -OCH3 is 1. The number of amides is 1. The highest BCUT2D eigenvalue weighted by Gasteiger charge is 2.14. The number of aromatic nitrogens is 3. The molecule has 2 heterocycles. The molecule has 0 aliphatic carbocycles. The van der Waals surface area contributed by atoms with Crippen molar-refractivity contribution >= 4 is 28.4 Å². The minimum absolute atomic E-state index is 0.191. The number of benzene rings is 3. The summed E-state index contributed by atoms with van der Waals surface area (Å²) in [6.45, 7) is 4.43. The Morgan fingerprint density at radius 3 is 2.54 bits per heavy atom. The van der Waals surface area contributed by atoms with Gasteiger partial charge in [-0.15, -0.1) is 0 Å². The predicted molar refractivity (Wildman–Crippen MR) is 154 cm³/mol. The van der Waals surface area contributed by atoms with Crippen molar-refractivity contribution in [3.8, 4) is 17.0 Å². The number of anilines is 2. The van der Waals surface area contributed by atoms with E-state index in [1.54, 1.807) is 31.0 Å². The Morgan fingerprint density at radius 2 is 1.79 bits per heavy atom. The Balaban J connectivity index is 1.42. The van der Waals surface area contributed by atoms with Gasteiger partial charge in [0.15, 0.2) is 0 Å². The molecule has 0 fully saturated rings. The minimum Gasteiger partial charge on any atom is -0.497 e. The summed E-state index contributed by atoms with van der Waals surface area (Å²) in [4.78, 5) is 35.1. The van der Waals surface area contributed by atoms with Crippen LogP contribution in [0.1, 0.15) is 27.0 Å². The summed E-state index contributed by atoms with van der Waals surface area (Å²) in [6, 6.07) is 22.7. The van der Waals surface area contributed by atoms with Crippen molar-refractivity contribution in [2.75, 3.05) is 17.7 Å². The molecule has 5 aromatic rings. The maximum Gasteiger partial charge on any atom is 0.277 e. The van der Waals surface area contributed by atoms with Crippen LogP contribution in [0.3, 0.4) is 0 Å². The van der Waals surface area contributed by atoms with Gasteiger partial charge in [0, 0.05) is 42.0 Å². The molecular weight excluding hydrogens is 490 g/mol. The molecule has 39 heavy (non-hydrogen) atoms. The molecule has 1 amide bonds. The number of aryl methyl sites for hydroxylation is 2. The average molecular weight is 520 g/mol. The van der Waals surface area contributed by atoms with Crippen LogP contribution in [0, 0.1) is 13.8 Å². The number of carbonyl (C=O) groups excluding carboxylic acids is 1.